The van der Waals surface area contributed by atoms with Crippen LogP contribution < -0.4 is 5.32 Å². The van der Waals surface area contributed by atoms with E-state index in [9.17, 15) is 22.8 Å². The molecular formula is C20H22ClF3N4O3. The van der Waals surface area contributed by atoms with E-state index in [-0.39, 0.29) is 42.6 Å². The number of halogens is 4. The molecule has 0 aliphatic carbocycles. The van der Waals surface area contributed by atoms with E-state index in [0.29, 0.717) is 0 Å². The van der Waals surface area contributed by atoms with E-state index in [2.05, 4.69) is 5.32 Å². The van der Waals surface area contributed by atoms with Crippen molar-refractivity contribution in [3.63, 3.8) is 0 Å². The van der Waals surface area contributed by atoms with Gasteiger partial charge < -0.3 is 15.0 Å². The van der Waals surface area contributed by atoms with Gasteiger partial charge in [-0.2, -0.15) is 23.7 Å². The standard InChI is InChI=1S/C20H22ClF3N4O3/c1-13(2)18(27-16-6-5-14(11-15(16)21)20(22,23)24)19(30)31-12-17(29)28(9-3-7-25)10-4-8-26/h5-6,11,13,18,27H,3-4,9-10,12H2,1-2H3. The number of ether oxygens (including phenoxy) is 1. The average molecular weight is 459 g/mol. The zero-order chi connectivity index (χ0) is 23.6. The zero-order valence-corrected chi connectivity index (χ0v) is 17.8. The van der Waals surface area contributed by atoms with Crippen LogP contribution in [0.25, 0.3) is 0 Å². The lowest BCUT2D eigenvalue weighted by molar-refractivity contribution is -0.153. The zero-order valence-electron chi connectivity index (χ0n) is 17.0. The summed E-state index contributed by atoms with van der Waals surface area (Å²) in [5.74, 6) is -1.69. The summed E-state index contributed by atoms with van der Waals surface area (Å²) in [5.41, 5.74) is -0.812. The molecule has 1 amide bonds. The van der Waals surface area contributed by atoms with Gasteiger partial charge in [0.15, 0.2) is 6.61 Å². The third-order valence-electron chi connectivity index (χ3n) is 4.21. The van der Waals surface area contributed by atoms with E-state index < -0.39 is 36.3 Å². The molecule has 1 atom stereocenters. The van der Waals surface area contributed by atoms with Crippen LogP contribution in [0.3, 0.4) is 0 Å². The largest absolute Gasteiger partial charge is 0.454 e. The molecule has 0 bridgehead atoms. The van der Waals surface area contributed by atoms with Crippen LogP contribution in [0.1, 0.15) is 32.3 Å². The summed E-state index contributed by atoms with van der Waals surface area (Å²) in [5, 5.41) is 19.9. The SMILES string of the molecule is CC(C)C(Nc1ccc(C(F)(F)F)cc1Cl)C(=O)OCC(=O)N(CCC#N)CCC#N. The minimum Gasteiger partial charge on any atom is -0.454 e. The third kappa shape index (κ3) is 8.35. The molecule has 1 aromatic rings. The van der Waals surface area contributed by atoms with E-state index in [1.807, 2.05) is 12.1 Å². The fourth-order valence-corrected chi connectivity index (χ4v) is 2.75. The molecule has 0 saturated heterocycles. The Morgan fingerprint density at radius 1 is 1.19 bits per heavy atom. The van der Waals surface area contributed by atoms with Gasteiger partial charge in [-0.3, -0.25) is 4.79 Å². The molecule has 0 radical (unpaired) electrons. The second-order valence-electron chi connectivity index (χ2n) is 6.86. The maximum absolute atomic E-state index is 12.8. The molecule has 31 heavy (non-hydrogen) atoms. The van der Waals surface area contributed by atoms with E-state index in [4.69, 9.17) is 26.9 Å². The van der Waals surface area contributed by atoms with Crippen molar-refractivity contribution in [3.05, 3.63) is 28.8 Å². The number of benzene rings is 1. The van der Waals surface area contributed by atoms with Crippen LogP contribution in [0.15, 0.2) is 18.2 Å². The van der Waals surface area contributed by atoms with Gasteiger partial charge in [-0.15, -0.1) is 0 Å². The topological polar surface area (TPSA) is 106 Å². The van der Waals surface area contributed by atoms with Crippen molar-refractivity contribution in [2.24, 2.45) is 5.92 Å². The van der Waals surface area contributed by atoms with Gasteiger partial charge in [0.25, 0.3) is 5.91 Å². The van der Waals surface area contributed by atoms with Crippen LogP contribution in [0, 0.1) is 28.6 Å². The molecule has 1 N–H and O–H groups in total. The number of esters is 1. The van der Waals surface area contributed by atoms with Crippen molar-refractivity contribution >= 4 is 29.2 Å². The van der Waals surface area contributed by atoms with Gasteiger partial charge in [-0.1, -0.05) is 25.4 Å². The average Bonchev–Trinajstić information content (AvgIpc) is 2.69. The van der Waals surface area contributed by atoms with Crippen LogP contribution in [-0.4, -0.2) is 42.5 Å². The van der Waals surface area contributed by atoms with Crippen LogP contribution >= 0.6 is 11.6 Å². The van der Waals surface area contributed by atoms with Crippen molar-refractivity contribution in [3.8, 4) is 12.1 Å². The van der Waals surface area contributed by atoms with Gasteiger partial charge in [-0.25, -0.2) is 4.79 Å². The van der Waals surface area contributed by atoms with E-state index in [0.717, 1.165) is 18.2 Å². The number of amides is 1. The van der Waals surface area contributed by atoms with Crippen LogP contribution in [0.4, 0.5) is 18.9 Å². The fraction of sp³-hybridized carbons (Fsp3) is 0.500. The number of anilines is 1. The minimum absolute atomic E-state index is 0.0632. The van der Waals surface area contributed by atoms with Crippen molar-refractivity contribution in [1.29, 1.82) is 10.5 Å². The molecule has 168 valence electrons. The smallest absolute Gasteiger partial charge is 0.416 e. The first-order valence-corrected chi connectivity index (χ1v) is 9.70. The Labute approximate surface area is 183 Å². The van der Waals surface area contributed by atoms with Gasteiger partial charge in [0.05, 0.1) is 41.3 Å². The fourth-order valence-electron chi connectivity index (χ4n) is 2.52. The highest BCUT2D eigenvalue weighted by molar-refractivity contribution is 6.33. The quantitative estimate of drug-likeness (QED) is 0.531. The van der Waals surface area contributed by atoms with Gasteiger partial charge in [-0.05, 0) is 24.1 Å². The monoisotopic (exact) mass is 458 g/mol. The Morgan fingerprint density at radius 3 is 2.23 bits per heavy atom. The molecule has 0 saturated carbocycles. The normalized spacial score (nSPS) is 11.9. The van der Waals surface area contributed by atoms with Crippen molar-refractivity contribution in [1.82, 2.24) is 4.90 Å². The first-order valence-electron chi connectivity index (χ1n) is 9.32. The van der Waals surface area contributed by atoms with E-state index in [1.165, 1.54) is 4.90 Å². The van der Waals surface area contributed by atoms with Gasteiger partial charge in [0.2, 0.25) is 0 Å². The number of carbonyl (C=O) groups is 2. The number of rotatable bonds is 10. The third-order valence-corrected chi connectivity index (χ3v) is 4.52. The van der Waals surface area contributed by atoms with Crippen LogP contribution in [0.5, 0.6) is 0 Å². The molecule has 1 aromatic carbocycles. The number of nitriles is 2. The lowest BCUT2D eigenvalue weighted by Gasteiger charge is -2.24. The number of hydrogen-bond acceptors (Lipinski definition) is 6. The Kier molecular flexibility index (Phi) is 10.1. The lowest BCUT2D eigenvalue weighted by atomic mass is 10.0. The first-order chi connectivity index (χ1) is 14.5. The predicted octanol–water partition coefficient (Wildman–Crippen LogP) is 3.99. The van der Waals surface area contributed by atoms with Crippen molar-refractivity contribution in [2.45, 2.75) is 38.9 Å². The molecule has 1 unspecified atom stereocenters. The van der Waals surface area contributed by atoms with Crippen LogP contribution in [0.2, 0.25) is 5.02 Å². The molecule has 1 rings (SSSR count). The Morgan fingerprint density at radius 2 is 1.77 bits per heavy atom. The number of alkyl halides is 3. The molecular weight excluding hydrogens is 437 g/mol. The molecule has 11 heteroatoms. The molecule has 0 aliphatic rings. The second-order valence-corrected chi connectivity index (χ2v) is 7.27. The number of hydrogen-bond donors (Lipinski definition) is 1. The highest BCUT2D eigenvalue weighted by Crippen LogP contribution is 2.34. The predicted molar refractivity (Wildman–Crippen MR) is 107 cm³/mol. The summed E-state index contributed by atoms with van der Waals surface area (Å²) < 4.78 is 43.4. The molecule has 0 aromatic heterocycles. The number of nitrogens with zero attached hydrogens (tertiary/aromatic N) is 3. The molecule has 0 aliphatic heterocycles. The van der Waals surface area contributed by atoms with Crippen molar-refractivity contribution < 1.29 is 27.5 Å². The molecule has 0 heterocycles. The summed E-state index contributed by atoms with van der Waals surface area (Å²) in [6.45, 7) is 2.97. The van der Waals surface area contributed by atoms with Gasteiger partial charge in [0.1, 0.15) is 6.04 Å². The maximum atomic E-state index is 12.8. The summed E-state index contributed by atoms with van der Waals surface area (Å²) in [4.78, 5) is 26.0. The highest BCUT2D eigenvalue weighted by atomic mass is 35.5. The molecule has 0 fully saturated rings. The summed E-state index contributed by atoms with van der Waals surface area (Å²) in [7, 11) is 0. The second kappa shape index (κ2) is 12.0. The summed E-state index contributed by atoms with van der Waals surface area (Å²) in [6.07, 6.45) is -4.43. The van der Waals surface area contributed by atoms with E-state index >= 15 is 0 Å². The van der Waals surface area contributed by atoms with Crippen LogP contribution in [-0.2, 0) is 20.5 Å². The number of carbonyl (C=O) groups excluding carboxylic acids is 2. The minimum atomic E-state index is -4.55. The molecule has 0 spiro atoms. The number of nitrogens with one attached hydrogen (secondary N) is 1. The lowest BCUT2D eigenvalue weighted by Crippen LogP contribution is -2.40. The Hall–Kier alpha value is -2.98. The van der Waals surface area contributed by atoms with Gasteiger partial charge >= 0.3 is 12.1 Å². The molecule has 7 nitrogen and oxygen atoms in total. The van der Waals surface area contributed by atoms with Crippen molar-refractivity contribution in [2.75, 3.05) is 25.0 Å². The first kappa shape index (κ1) is 26.1. The van der Waals surface area contributed by atoms with E-state index in [1.54, 1.807) is 13.8 Å². The van der Waals surface area contributed by atoms with Gasteiger partial charge in [0, 0.05) is 13.1 Å². The maximum Gasteiger partial charge on any atom is 0.416 e. The Balaban J connectivity index is 2.83. The Bertz CT molecular complexity index is 845. The highest BCUT2D eigenvalue weighted by Gasteiger charge is 2.32. The summed E-state index contributed by atoms with van der Waals surface area (Å²) in [6, 6.07) is 5.51. The summed E-state index contributed by atoms with van der Waals surface area (Å²) >= 11 is 5.93.